The standard InChI is InChI=1S/C19H17BrN4O2S/c1-12-8-9-14(10-17(12)24(25)26)13(2)22-23-18(11-27-19(23)21-3)15-6-4-5-7-16(15)20/h4-11H,1-3H3. The largest absolute Gasteiger partial charge is 0.272 e. The Morgan fingerprint density at radius 3 is 2.67 bits per heavy atom. The molecule has 0 aliphatic rings. The van der Waals surface area contributed by atoms with E-state index in [9.17, 15) is 10.1 Å². The first kappa shape index (κ1) is 19.2. The second-order valence-corrected chi connectivity index (χ2v) is 7.55. The third-order valence-electron chi connectivity index (χ3n) is 4.10. The van der Waals surface area contributed by atoms with Crippen LogP contribution in [0.5, 0.6) is 0 Å². The minimum absolute atomic E-state index is 0.0869. The van der Waals surface area contributed by atoms with Crippen LogP contribution >= 0.6 is 27.3 Å². The number of aromatic nitrogens is 1. The van der Waals surface area contributed by atoms with Crippen LogP contribution < -0.4 is 4.80 Å². The van der Waals surface area contributed by atoms with Gasteiger partial charge in [-0.2, -0.15) is 5.10 Å². The second-order valence-electron chi connectivity index (χ2n) is 5.86. The van der Waals surface area contributed by atoms with E-state index in [4.69, 9.17) is 5.10 Å². The third kappa shape index (κ3) is 3.91. The zero-order valence-electron chi connectivity index (χ0n) is 15.0. The SMILES string of the molecule is CN=c1scc(-c2ccccc2Br)n1N=C(C)c1ccc(C)c([N+](=O)[O-])c1. The topological polar surface area (TPSA) is 72.8 Å². The summed E-state index contributed by atoms with van der Waals surface area (Å²) < 4.78 is 2.73. The van der Waals surface area contributed by atoms with Gasteiger partial charge in [0.1, 0.15) is 0 Å². The minimum atomic E-state index is -0.372. The van der Waals surface area contributed by atoms with Crippen LogP contribution in [0.25, 0.3) is 11.3 Å². The fourth-order valence-corrected chi connectivity index (χ4v) is 3.92. The predicted octanol–water partition coefficient (Wildman–Crippen LogP) is 5.00. The number of benzene rings is 2. The second kappa shape index (κ2) is 7.98. The summed E-state index contributed by atoms with van der Waals surface area (Å²) in [6.45, 7) is 3.56. The van der Waals surface area contributed by atoms with Gasteiger partial charge < -0.3 is 0 Å². The molecular formula is C19H17BrN4O2S. The Hall–Kier alpha value is -2.58. The summed E-state index contributed by atoms with van der Waals surface area (Å²) in [4.78, 5) is 15.9. The average molecular weight is 445 g/mol. The molecule has 0 atom stereocenters. The van der Waals surface area contributed by atoms with Crippen molar-refractivity contribution in [2.24, 2.45) is 10.1 Å². The van der Waals surface area contributed by atoms with Gasteiger partial charge in [0.25, 0.3) is 5.69 Å². The van der Waals surface area contributed by atoms with E-state index in [0.717, 1.165) is 20.5 Å². The zero-order valence-corrected chi connectivity index (χ0v) is 17.4. The normalized spacial score (nSPS) is 12.4. The molecular weight excluding hydrogens is 428 g/mol. The Labute approximate surface area is 168 Å². The molecule has 0 fully saturated rings. The summed E-state index contributed by atoms with van der Waals surface area (Å²) in [5.41, 5.74) is 3.97. The highest BCUT2D eigenvalue weighted by atomic mass is 79.9. The van der Waals surface area contributed by atoms with Gasteiger partial charge in [-0.15, -0.1) is 11.3 Å². The Morgan fingerprint density at radius 1 is 1.26 bits per heavy atom. The Balaban J connectivity index is 2.15. The first-order valence-corrected chi connectivity index (χ1v) is 9.79. The van der Waals surface area contributed by atoms with E-state index in [1.807, 2.05) is 42.6 Å². The van der Waals surface area contributed by atoms with Crippen LogP contribution in [0.2, 0.25) is 0 Å². The van der Waals surface area contributed by atoms with Gasteiger partial charge in [0.2, 0.25) is 4.80 Å². The lowest BCUT2D eigenvalue weighted by Crippen LogP contribution is -2.14. The van der Waals surface area contributed by atoms with Crippen LogP contribution in [0.15, 0.2) is 62.4 Å². The van der Waals surface area contributed by atoms with E-state index in [1.54, 1.807) is 30.8 Å². The van der Waals surface area contributed by atoms with Crippen LogP contribution in [-0.2, 0) is 0 Å². The Kier molecular flexibility index (Phi) is 5.67. The van der Waals surface area contributed by atoms with Crippen molar-refractivity contribution in [2.45, 2.75) is 13.8 Å². The van der Waals surface area contributed by atoms with Crippen molar-refractivity contribution < 1.29 is 4.92 Å². The molecule has 0 saturated carbocycles. The van der Waals surface area contributed by atoms with Crippen molar-refractivity contribution in [1.29, 1.82) is 0 Å². The summed E-state index contributed by atoms with van der Waals surface area (Å²) in [6, 6.07) is 13.0. The number of nitro benzene ring substituents is 1. The van der Waals surface area contributed by atoms with E-state index in [0.29, 0.717) is 16.8 Å². The van der Waals surface area contributed by atoms with Crippen LogP contribution in [0.4, 0.5) is 5.69 Å². The van der Waals surface area contributed by atoms with Gasteiger partial charge in [0.05, 0.1) is 16.3 Å². The maximum atomic E-state index is 11.2. The number of nitro groups is 1. The third-order valence-corrected chi connectivity index (χ3v) is 5.70. The van der Waals surface area contributed by atoms with Crippen molar-refractivity contribution in [3.8, 4) is 11.3 Å². The Bertz CT molecular complexity index is 1110. The number of nitrogens with zero attached hydrogens (tertiary/aromatic N) is 4. The van der Waals surface area contributed by atoms with Gasteiger partial charge in [-0.1, -0.05) is 46.3 Å². The molecule has 3 rings (SSSR count). The molecule has 1 aromatic heterocycles. The highest BCUT2D eigenvalue weighted by Gasteiger charge is 2.14. The summed E-state index contributed by atoms with van der Waals surface area (Å²) in [7, 11) is 1.72. The molecule has 6 nitrogen and oxygen atoms in total. The molecule has 1 heterocycles. The van der Waals surface area contributed by atoms with Gasteiger partial charge in [-0.3, -0.25) is 15.1 Å². The first-order valence-electron chi connectivity index (χ1n) is 8.11. The van der Waals surface area contributed by atoms with E-state index >= 15 is 0 Å². The number of aryl methyl sites for hydroxylation is 1. The average Bonchev–Trinajstić information content (AvgIpc) is 3.04. The summed E-state index contributed by atoms with van der Waals surface area (Å²) in [5, 5.41) is 17.9. The van der Waals surface area contributed by atoms with Gasteiger partial charge >= 0.3 is 0 Å². The van der Waals surface area contributed by atoms with Crippen LogP contribution in [0, 0.1) is 17.0 Å². The molecule has 0 amide bonds. The van der Waals surface area contributed by atoms with E-state index < -0.39 is 0 Å². The molecule has 0 N–H and O–H groups in total. The molecule has 8 heteroatoms. The molecule has 0 unspecified atom stereocenters. The number of hydrogen-bond donors (Lipinski definition) is 0. The van der Waals surface area contributed by atoms with E-state index in [1.165, 1.54) is 11.3 Å². The molecule has 2 aromatic carbocycles. The van der Waals surface area contributed by atoms with E-state index in [2.05, 4.69) is 20.9 Å². The van der Waals surface area contributed by atoms with Crippen LogP contribution in [0.1, 0.15) is 18.1 Å². The summed E-state index contributed by atoms with van der Waals surface area (Å²) in [6.07, 6.45) is 0. The van der Waals surface area contributed by atoms with Gasteiger partial charge in [-0.25, -0.2) is 4.68 Å². The first-order chi connectivity index (χ1) is 12.9. The van der Waals surface area contributed by atoms with Gasteiger partial charge in [-0.05, 0) is 19.9 Å². The molecule has 0 saturated heterocycles. The van der Waals surface area contributed by atoms with Gasteiger partial charge in [0.15, 0.2) is 0 Å². The maximum absolute atomic E-state index is 11.2. The zero-order chi connectivity index (χ0) is 19.6. The molecule has 0 aliphatic heterocycles. The predicted molar refractivity (Wildman–Crippen MR) is 112 cm³/mol. The molecule has 138 valence electrons. The Morgan fingerprint density at radius 2 is 2.00 bits per heavy atom. The highest BCUT2D eigenvalue weighted by molar-refractivity contribution is 9.10. The number of hydrogen-bond acceptors (Lipinski definition) is 5. The smallest absolute Gasteiger partial charge is 0.261 e. The monoisotopic (exact) mass is 444 g/mol. The van der Waals surface area contributed by atoms with Gasteiger partial charge in [0, 0.05) is 39.7 Å². The molecule has 0 aliphatic carbocycles. The summed E-state index contributed by atoms with van der Waals surface area (Å²) in [5.74, 6) is 0. The molecule has 3 aromatic rings. The molecule has 27 heavy (non-hydrogen) atoms. The van der Waals surface area contributed by atoms with Crippen LogP contribution in [-0.4, -0.2) is 22.4 Å². The fourth-order valence-electron chi connectivity index (χ4n) is 2.64. The lowest BCUT2D eigenvalue weighted by molar-refractivity contribution is -0.385. The lowest BCUT2D eigenvalue weighted by Gasteiger charge is -2.08. The van der Waals surface area contributed by atoms with Crippen LogP contribution in [0.3, 0.4) is 0 Å². The minimum Gasteiger partial charge on any atom is -0.261 e. The van der Waals surface area contributed by atoms with Crippen molar-refractivity contribution in [3.05, 3.63) is 78.4 Å². The summed E-state index contributed by atoms with van der Waals surface area (Å²) >= 11 is 5.07. The lowest BCUT2D eigenvalue weighted by atomic mass is 10.1. The fraction of sp³-hybridized carbons (Fsp3) is 0.158. The number of thiazole rings is 1. The molecule has 0 radical (unpaired) electrons. The van der Waals surface area contributed by atoms with E-state index in [-0.39, 0.29) is 10.6 Å². The van der Waals surface area contributed by atoms with Crippen molar-refractivity contribution in [1.82, 2.24) is 4.68 Å². The van der Waals surface area contributed by atoms with Crippen molar-refractivity contribution >= 4 is 38.7 Å². The molecule has 0 spiro atoms. The maximum Gasteiger partial charge on any atom is 0.272 e. The van der Waals surface area contributed by atoms with Crippen molar-refractivity contribution in [2.75, 3.05) is 7.05 Å². The van der Waals surface area contributed by atoms with Crippen molar-refractivity contribution in [3.63, 3.8) is 0 Å². The highest BCUT2D eigenvalue weighted by Crippen LogP contribution is 2.28. The quantitative estimate of drug-likeness (QED) is 0.322. The number of halogens is 1. The molecule has 0 bridgehead atoms. The number of rotatable bonds is 4.